The Morgan fingerprint density at radius 2 is 1.86 bits per heavy atom. The monoisotopic (exact) mass is 206 g/mol. The molecular formula is C9H16F2N2O. The molecule has 0 aromatic rings. The molecular weight excluding hydrogens is 190 g/mol. The first kappa shape index (κ1) is 11.2. The molecule has 1 aliphatic heterocycles. The van der Waals surface area contributed by atoms with Crippen LogP contribution < -0.4 is 5.32 Å². The van der Waals surface area contributed by atoms with Crippen LogP contribution in [0.1, 0.15) is 26.7 Å². The number of carbonyl (C=O) groups excluding carboxylic acids is 1. The topological polar surface area (TPSA) is 32.3 Å². The number of piperidine rings is 1. The first-order valence-corrected chi connectivity index (χ1v) is 4.84. The summed E-state index contributed by atoms with van der Waals surface area (Å²) in [6.07, 6.45) is -0.447. The van der Waals surface area contributed by atoms with E-state index < -0.39 is 5.92 Å². The van der Waals surface area contributed by atoms with E-state index in [-0.39, 0.29) is 38.0 Å². The van der Waals surface area contributed by atoms with Crippen LogP contribution in [0.3, 0.4) is 0 Å². The van der Waals surface area contributed by atoms with E-state index in [4.69, 9.17) is 0 Å². The van der Waals surface area contributed by atoms with Crippen LogP contribution in [-0.4, -0.2) is 36.0 Å². The standard InChI is InChI=1S/C9H16F2N2O/c1-7(2)12-8(14)13-5-3-9(10,11)4-6-13/h7H,3-6H2,1-2H3,(H,12,14). The first-order valence-electron chi connectivity index (χ1n) is 4.84. The maximum atomic E-state index is 12.7. The zero-order valence-electron chi connectivity index (χ0n) is 8.52. The van der Waals surface area contributed by atoms with E-state index in [1.54, 1.807) is 0 Å². The molecule has 0 saturated carbocycles. The molecule has 3 nitrogen and oxygen atoms in total. The van der Waals surface area contributed by atoms with Crippen LogP contribution in [0.5, 0.6) is 0 Å². The molecule has 1 rings (SSSR count). The van der Waals surface area contributed by atoms with Crippen molar-refractivity contribution in [2.24, 2.45) is 0 Å². The molecule has 5 heteroatoms. The number of urea groups is 1. The summed E-state index contributed by atoms with van der Waals surface area (Å²) in [6.45, 7) is 3.98. The number of amides is 2. The van der Waals surface area contributed by atoms with E-state index in [0.29, 0.717) is 0 Å². The van der Waals surface area contributed by atoms with Crippen molar-refractivity contribution in [3.05, 3.63) is 0 Å². The number of rotatable bonds is 1. The molecule has 0 aromatic heterocycles. The maximum absolute atomic E-state index is 12.7. The average molecular weight is 206 g/mol. The molecule has 1 fully saturated rings. The predicted molar refractivity (Wildman–Crippen MR) is 49.4 cm³/mol. The van der Waals surface area contributed by atoms with Crippen molar-refractivity contribution in [1.82, 2.24) is 10.2 Å². The third-order valence-corrected chi connectivity index (χ3v) is 2.19. The molecule has 82 valence electrons. The Hall–Kier alpha value is -0.870. The van der Waals surface area contributed by atoms with Crippen molar-refractivity contribution in [2.75, 3.05) is 13.1 Å². The summed E-state index contributed by atoms with van der Waals surface area (Å²) in [6, 6.07) is -0.194. The fourth-order valence-electron chi connectivity index (χ4n) is 1.38. The molecule has 1 saturated heterocycles. The largest absolute Gasteiger partial charge is 0.336 e. The van der Waals surface area contributed by atoms with Crippen molar-refractivity contribution in [1.29, 1.82) is 0 Å². The number of likely N-dealkylation sites (tertiary alicyclic amines) is 1. The van der Waals surface area contributed by atoms with Gasteiger partial charge in [0, 0.05) is 32.0 Å². The van der Waals surface area contributed by atoms with Crippen LogP contribution >= 0.6 is 0 Å². The quantitative estimate of drug-likeness (QED) is 0.697. The SMILES string of the molecule is CC(C)NC(=O)N1CCC(F)(F)CC1. The lowest BCUT2D eigenvalue weighted by Crippen LogP contribution is -2.48. The van der Waals surface area contributed by atoms with Crippen molar-refractivity contribution in [3.63, 3.8) is 0 Å². The zero-order chi connectivity index (χ0) is 10.8. The summed E-state index contributed by atoms with van der Waals surface area (Å²) in [5, 5.41) is 2.68. The summed E-state index contributed by atoms with van der Waals surface area (Å²) in [5.74, 6) is -2.59. The van der Waals surface area contributed by atoms with Gasteiger partial charge in [-0.3, -0.25) is 0 Å². The summed E-state index contributed by atoms with van der Waals surface area (Å²) < 4.78 is 25.5. The smallest absolute Gasteiger partial charge is 0.317 e. The number of alkyl halides is 2. The average Bonchev–Trinajstić information content (AvgIpc) is 2.02. The summed E-state index contributed by atoms with van der Waals surface area (Å²) in [5.41, 5.74) is 0. The fraction of sp³-hybridized carbons (Fsp3) is 0.889. The van der Waals surface area contributed by atoms with Gasteiger partial charge in [-0.25, -0.2) is 13.6 Å². The maximum Gasteiger partial charge on any atom is 0.317 e. The summed E-state index contributed by atoms with van der Waals surface area (Å²) in [7, 11) is 0. The van der Waals surface area contributed by atoms with E-state index in [9.17, 15) is 13.6 Å². The van der Waals surface area contributed by atoms with Crippen molar-refractivity contribution in [3.8, 4) is 0 Å². The van der Waals surface area contributed by atoms with Crippen molar-refractivity contribution >= 4 is 6.03 Å². The van der Waals surface area contributed by atoms with Gasteiger partial charge in [0.15, 0.2) is 0 Å². The van der Waals surface area contributed by atoms with Crippen LogP contribution in [0.2, 0.25) is 0 Å². The third kappa shape index (κ3) is 3.12. The number of hydrogen-bond donors (Lipinski definition) is 1. The number of carbonyl (C=O) groups is 1. The second-order valence-corrected chi connectivity index (χ2v) is 3.95. The van der Waals surface area contributed by atoms with Crippen molar-refractivity contribution in [2.45, 2.75) is 38.7 Å². The fourth-order valence-corrected chi connectivity index (χ4v) is 1.38. The van der Waals surface area contributed by atoms with Gasteiger partial charge in [-0.2, -0.15) is 0 Å². The Morgan fingerprint density at radius 3 is 2.29 bits per heavy atom. The Labute approximate surface area is 82.5 Å². The Bertz CT molecular complexity index is 209. The molecule has 0 bridgehead atoms. The second-order valence-electron chi connectivity index (χ2n) is 3.95. The number of nitrogens with one attached hydrogen (secondary N) is 1. The van der Waals surface area contributed by atoms with Gasteiger partial charge in [-0.1, -0.05) is 0 Å². The highest BCUT2D eigenvalue weighted by molar-refractivity contribution is 5.74. The Morgan fingerprint density at radius 1 is 1.36 bits per heavy atom. The van der Waals surface area contributed by atoms with Crippen LogP contribution in [0.25, 0.3) is 0 Å². The highest BCUT2D eigenvalue weighted by atomic mass is 19.3. The van der Waals surface area contributed by atoms with Crippen LogP contribution in [-0.2, 0) is 0 Å². The predicted octanol–water partition coefficient (Wildman–Crippen LogP) is 1.84. The number of nitrogens with zero attached hydrogens (tertiary/aromatic N) is 1. The minimum atomic E-state index is -2.59. The van der Waals surface area contributed by atoms with Crippen LogP contribution in [0.4, 0.5) is 13.6 Å². The molecule has 1 N–H and O–H groups in total. The minimum Gasteiger partial charge on any atom is -0.336 e. The van der Waals surface area contributed by atoms with Gasteiger partial charge in [-0.15, -0.1) is 0 Å². The molecule has 0 spiro atoms. The van der Waals surface area contributed by atoms with E-state index in [2.05, 4.69) is 5.32 Å². The number of halogens is 2. The van der Waals surface area contributed by atoms with Gasteiger partial charge in [-0.05, 0) is 13.8 Å². The van der Waals surface area contributed by atoms with Crippen LogP contribution in [0.15, 0.2) is 0 Å². The molecule has 0 unspecified atom stereocenters. The minimum absolute atomic E-state index is 0.0462. The molecule has 2 amide bonds. The van der Waals surface area contributed by atoms with Gasteiger partial charge in [0.25, 0.3) is 5.92 Å². The van der Waals surface area contributed by atoms with E-state index in [1.165, 1.54) is 4.90 Å². The molecule has 1 aliphatic rings. The lowest BCUT2D eigenvalue weighted by atomic mass is 10.1. The van der Waals surface area contributed by atoms with E-state index in [0.717, 1.165) is 0 Å². The van der Waals surface area contributed by atoms with Crippen molar-refractivity contribution < 1.29 is 13.6 Å². The molecule has 14 heavy (non-hydrogen) atoms. The molecule has 0 atom stereocenters. The summed E-state index contributed by atoms with van der Waals surface area (Å²) in [4.78, 5) is 12.8. The van der Waals surface area contributed by atoms with Gasteiger partial charge >= 0.3 is 6.03 Å². The highest BCUT2D eigenvalue weighted by Crippen LogP contribution is 2.27. The van der Waals surface area contributed by atoms with Gasteiger partial charge in [0.2, 0.25) is 0 Å². The zero-order valence-corrected chi connectivity index (χ0v) is 8.52. The summed E-state index contributed by atoms with van der Waals surface area (Å²) >= 11 is 0. The first-order chi connectivity index (χ1) is 6.41. The lowest BCUT2D eigenvalue weighted by Gasteiger charge is -2.32. The molecule has 0 aromatic carbocycles. The Kier molecular flexibility index (Phi) is 3.29. The Balaban J connectivity index is 2.38. The van der Waals surface area contributed by atoms with Gasteiger partial charge in [0.1, 0.15) is 0 Å². The molecule has 0 aliphatic carbocycles. The number of hydrogen-bond acceptors (Lipinski definition) is 1. The van der Waals surface area contributed by atoms with Gasteiger partial charge < -0.3 is 10.2 Å². The normalized spacial score (nSPS) is 21.1. The second kappa shape index (κ2) is 4.11. The molecule has 1 heterocycles. The highest BCUT2D eigenvalue weighted by Gasteiger charge is 2.35. The van der Waals surface area contributed by atoms with Crippen LogP contribution in [0, 0.1) is 0 Å². The lowest BCUT2D eigenvalue weighted by molar-refractivity contribution is -0.0470. The molecule has 0 radical (unpaired) electrons. The van der Waals surface area contributed by atoms with Gasteiger partial charge in [0.05, 0.1) is 0 Å². The van der Waals surface area contributed by atoms with E-state index >= 15 is 0 Å². The van der Waals surface area contributed by atoms with E-state index in [1.807, 2.05) is 13.8 Å². The third-order valence-electron chi connectivity index (χ3n) is 2.19.